The molecule has 0 saturated heterocycles. The number of aromatic nitrogens is 2. The molecule has 0 spiro atoms. The van der Waals surface area contributed by atoms with Crippen LogP contribution in [0.25, 0.3) is 0 Å². The van der Waals surface area contributed by atoms with Crippen LogP contribution in [0.15, 0.2) is 24.3 Å². The van der Waals surface area contributed by atoms with Crippen molar-refractivity contribution in [2.75, 3.05) is 24.7 Å². The molecule has 20 heavy (non-hydrogen) atoms. The van der Waals surface area contributed by atoms with Gasteiger partial charge < -0.3 is 15.8 Å². The number of rotatable bonds is 6. The fraction of sp³-hybridized carbons (Fsp3) is 0.400. The van der Waals surface area contributed by atoms with Gasteiger partial charge in [0.15, 0.2) is 0 Å². The van der Waals surface area contributed by atoms with E-state index < -0.39 is 0 Å². The van der Waals surface area contributed by atoms with Gasteiger partial charge >= 0.3 is 0 Å². The summed E-state index contributed by atoms with van der Waals surface area (Å²) in [5, 5.41) is 7.75. The first kappa shape index (κ1) is 14.2. The van der Waals surface area contributed by atoms with Crippen molar-refractivity contribution in [3.8, 4) is 5.75 Å². The number of methoxy groups -OCH3 is 1. The average molecular weight is 274 g/mol. The van der Waals surface area contributed by atoms with Gasteiger partial charge in [-0.25, -0.2) is 0 Å². The lowest BCUT2D eigenvalue weighted by Gasteiger charge is -2.08. The molecule has 1 aromatic heterocycles. The quantitative estimate of drug-likeness (QED) is 0.848. The summed E-state index contributed by atoms with van der Waals surface area (Å²) in [6, 6.07) is 8.10. The fourth-order valence-corrected chi connectivity index (χ4v) is 2.18. The normalized spacial score (nSPS) is 10.6. The number of nitrogens with two attached hydrogens (primary N) is 1. The van der Waals surface area contributed by atoms with Crippen molar-refractivity contribution in [1.29, 1.82) is 0 Å². The lowest BCUT2D eigenvalue weighted by atomic mass is 10.1. The minimum atomic E-state index is 0.754. The highest BCUT2D eigenvalue weighted by Crippen LogP contribution is 2.22. The first-order valence-electron chi connectivity index (χ1n) is 6.83. The van der Waals surface area contributed by atoms with E-state index in [0.29, 0.717) is 0 Å². The van der Waals surface area contributed by atoms with Crippen LogP contribution in [-0.2, 0) is 19.9 Å². The lowest BCUT2D eigenvalue weighted by molar-refractivity contribution is 0.414. The van der Waals surface area contributed by atoms with Crippen LogP contribution in [0.3, 0.4) is 0 Å². The molecule has 2 rings (SSSR count). The number of ether oxygens (including phenoxy) is 1. The molecule has 0 radical (unpaired) electrons. The number of hydrogen-bond donors (Lipinski definition) is 2. The van der Waals surface area contributed by atoms with E-state index >= 15 is 0 Å². The standard InChI is InChI=1S/C15H22N4O/c1-4-13-14(16)15(19(2)18-13)17-10-9-11-5-7-12(20-3)8-6-11/h5-8,17H,4,9-10,16H2,1-3H3. The average Bonchev–Trinajstić information content (AvgIpc) is 2.75. The second-order valence-corrected chi connectivity index (χ2v) is 4.71. The van der Waals surface area contributed by atoms with Crippen LogP contribution in [0, 0.1) is 0 Å². The zero-order chi connectivity index (χ0) is 14.5. The Labute approximate surface area is 119 Å². The van der Waals surface area contributed by atoms with E-state index in [9.17, 15) is 0 Å². The van der Waals surface area contributed by atoms with Crippen molar-refractivity contribution >= 4 is 11.5 Å². The van der Waals surface area contributed by atoms with Gasteiger partial charge in [-0.05, 0) is 30.5 Å². The minimum absolute atomic E-state index is 0.754. The zero-order valence-corrected chi connectivity index (χ0v) is 12.3. The number of benzene rings is 1. The van der Waals surface area contributed by atoms with Crippen molar-refractivity contribution in [3.05, 3.63) is 35.5 Å². The molecule has 0 aliphatic carbocycles. The Morgan fingerprint density at radius 3 is 2.55 bits per heavy atom. The van der Waals surface area contributed by atoms with Gasteiger partial charge in [-0.3, -0.25) is 4.68 Å². The molecule has 0 unspecified atom stereocenters. The molecular weight excluding hydrogens is 252 g/mol. The second-order valence-electron chi connectivity index (χ2n) is 4.71. The maximum atomic E-state index is 6.07. The van der Waals surface area contributed by atoms with Crippen LogP contribution >= 0.6 is 0 Å². The van der Waals surface area contributed by atoms with Gasteiger partial charge in [0, 0.05) is 13.6 Å². The fourth-order valence-electron chi connectivity index (χ4n) is 2.18. The molecule has 2 aromatic rings. The first-order chi connectivity index (χ1) is 9.65. The van der Waals surface area contributed by atoms with Crippen LogP contribution in [0.5, 0.6) is 5.75 Å². The summed E-state index contributed by atoms with van der Waals surface area (Å²) in [5.41, 5.74) is 9.03. The smallest absolute Gasteiger partial charge is 0.147 e. The summed E-state index contributed by atoms with van der Waals surface area (Å²) in [7, 11) is 3.58. The maximum Gasteiger partial charge on any atom is 0.147 e. The monoisotopic (exact) mass is 274 g/mol. The van der Waals surface area contributed by atoms with E-state index in [4.69, 9.17) is 10.5 Å². The van der Waals surface area contributed by atoms with Crippen LogP contribution in [-0.4, -0.2) is 23.4 Å². The predicted molar refractivity (Wildman–Crippen MR) is 82.2 cm³/mol. The summed E-state index contributed by atoms with van der Waals surface area (Å²) < 4.78 is 6.95. The van der Waals surface area contributed by atoms with Crippen LogP contribution in [0.4, 0.5) is 11.5 Å². The molecule has 5 heteroatoms. The van der Waals surface area contributed by atoms with Gasteiger partial charge in [0.05, 0.1) is 18.5 Å². The van der Waals surface area contributed by atoms with Crippen molar-refractivity contribution < 1.29 is 4.74 Å². The zero-order valence-electron chi connectivity index (χ0n) is 12.3. The van der Waals surface area contributed by atoms with E-state index in [0.717, 1.165) is 42.3 Å². The third-order valence-electron chi connectivity index (χ3n) is 3.36. The van der Waals surface area contributed by atoms with Crippen molar-refractivity contribution in [2.24, 2.45) is 7.05 Å². The number of nitrogen functional groups attached to an aromatic ring is 1. The molecule has 108 valence electrons. The van der Waals surface area contributed by atoms with Gasteiger partial charge in [0.1, 0.15) is 11.6 Å². The van der Waals surface area contributed by atoms with Crippen LogP contribution < -0.4 is 15.8 Å². The van der Waals surface area contributed by atoms with E-state index in [1.54, 1.807) is 7.11 Å². The molecule has 0 atom stereocenters. The molecule has 0 fully saturated rings. The lowest BCUT2D eigenvalue weighted by Crippen LogP contribution is -2.10. The predicted octanol–water partition coefficient (Wildman–Crippen LogP) is 2.23. The molecule has 0 bridgehead atoms. The Hall–Kier alpha value is -2.17. The van der Waals surface area contributed by atoms with Gasteiger partial charge in [0.2, 0.25) is 0 Å². The Morgan fingerprint density at radius 2 is 2.00 bits per heavy atom. The molecule has 0 saturated carbocycles. The molecule has 5 nitrogen and oxygen atoms in total. The van der Waals surface area contributed by atoms with Crippen molar-refractivity contribution in [1.82, 2.24) is 9.78 Å². The van der Waals surface area contributed by atoms with Gasteiger partial charge in [-0.1, -0.05) is 19.1 Å². The minimum Gasteiger partial charge on any atom is -0.497 e. The topological polar surface area (TPSA) is 65.1 Å². The SMILES string of the molecule is CCc1nn(C)c(NCCc2ccc(OC)cc2)c1N. The Bertz CT molecular complexity index is 560. The molecular formula is C15H22N4O. The highest BCUT2D eigenvalue weighted by atomic mass is 16.5. The van der Waals surface area contributed by atoms with Crippen LogP contribution in [0.2, 0.25) is 0 Å². The van der Waals surface area contributed by atoms with E-state index in [1.807, 2.05) is 23.9 Å². The summed E-state index contributed by atoms with van der Waals surface area (Å²) in [6.45, 7) is 2.87. The molecule has 0 aliphatic rings. The summed E-state index contributed by atoms with van der Waals surface area (Å²) >= 11 is 0. The Morgan fingerprint density at radius 1 is 1.30 bits per heavy atom. The maximum absolute atomic E-state index is 6.07. The third-order valence-corrected chi connectivity index (χ3v) is 3.36. The highest BCUT2D eigenvalue weighted by Gasteiger charge is 2.10. The molecule has 0 aliphatic heterocycles. The van der Waals surface area contributed by atoms with Crippen LogP contribution in [0.1, 0.15) is 18.2 Å². The number of aryl methyl sites for hydroxylation is 2. The molecule has 1 aromatic carbocycles. The van der Waals surface area contributed by atoms with Gasteiger partial charge in [-0.15, -0.1) is 0 Å². The number of hydrogen-bond acceptors (Lipinski definition) is 4. The summed E-state index contributed by atoms with van der Waals surface area (Å²) in [5.74, 6) is 1.78. The van der Waals surface area contributed by atoms with E-state index in [2.05, 4.69) is 29.5 Å². The number of nitrogens with zero attached hydrogens (tertiary/aromatic N) is 2. The second kappa shape index (κ2) is 6.32. The number of nitrogens with one attached hydrogen (secondary N) is 1. The Balaban J connectivity index is 1.94. The largest absolute Gasteiger partial charge is 0.497 e. The molecule has 1 heterocycles. The van der Waals surface area contributed by atoms with Gasteiger partial charge in [-0.2, -0.15) is 5.10 Å². The molecule has 3 N–H and O–H groups in total. The summed E-state index contributed by atoms with van der Waals surface area (Å²) in [4.78, 5) is 0. The van der Waals surface area contributed by atoms with Crippen molar-refractivity contribution in [2.45, 2.75) is 19.8 Å². The first-order valence-corrected chi connectivity index (χ1v) is 6.83. The van der Waals surface area contributed by atoms with Gasteiger partial charge in [0.25, 0.3) is 0 Å². The van der Waals surface area contributed by atoms with Crippen molar-refractivity contribution in [3.63, 3.8) is 0 Å². The van der Waals surface area contributed by atoms with E-state index in [1.165, 1.54) is 5.56 Å². The van der Waals surface area contributed by atoms with E-state index in [-0.39, 0.29) is 0 Å². The number of anilines is 2. The molecule has 0 amide bonds. The highest BCUT2D eigenvalue weighted by molar-refractivity contribution is 5.65. The third kappa shape index (κ3) is 3.04. The summed E-state index contributed by atoms with van der Waals surface area (Å²) in [6.07, 6.45) is 1.77. The Kier molecular flexibility index (Phi) is 4.50.